The van der Waals surface area contributed by atoms with E-state index >= 15 is 0 Å². The summed E-state index contributed by atoms with van der Waals surface area (Å²) >= 11 is 0. The summed E-state index contributed by atoms with van der Waals surface area (Å²) in [6.45, 7) is 4.56. The second kappa shape index (κ2) is 6.76. The van der Waals surface area contributed by atoms with Crippen molar-refractivity contribution in [3.8, 4) is 5.75 Å². The highest BCUT2D eigenvalue weighted by atomic mass is 19.1. The molecule has 0 unspecified atom stereocenters. The first-order valence-corrected chi connectivity index (χ1v) is 7.16. The number of halogens is 1. The average Bonchev–Trinajstić information content (AvgIpc) is 2.41. The number of aliphatic hydroxyl groups is 1. The standard InChI is InChI=1S/C15H21FN2O3/c1-10(2)21-12-5-6-14(13(16)8-12)17-15(20)18-7-3-4-11(19)9-18/h5-6,8,10-11,19H,3-4,7,9H2,1-2H3,(H,17,20)/t11-/m0/s1. The molecule has 0 saturated carbocycles. The first kappa shape index (κ1) is 15.6. The zero-order chi connectivity index (χ0) is 15.4. The van der Waals surface area contributed by atoms with E-state index in [0.29, 0.717) is 18.7 Å². The van der Waals surface area contributed by atoms with Gasteiger partial charge in [-0.25, -0.2) is 9.18 Å². The van der Waals surface area contributed by atoms with Gasteiger partial charge in [0.2, 0.25) is 0 Å². The number of aliphatic hydroxyl groups excluding tert-OH is 1. The highest BCUT2D eigenvalue weighted by Crippen LogP contribution is 2.22. The predicted octanol–water partition coefficient (Wildman–Crippen LogP) is 2.60. The van der Waals surface area contributed by atoms with Crippen molar-refractivity contribution in [1.29, 1.82) is 0 Å². The molecule has 1 aromatic carbocycles. The molecule has 0 bridgehead atoms. The van der Waals surface area contributed by atoms with Crippen molar-refractivity contribution in [1.82, 2.24) is 4.90 Å². The Bertz CT molecular complexity index is 508. The van der Waals surface area contributed by atoms with E-state index in [0.717, 1.165) is 6.42 Å². The van der Waals surface area contributed by atoms with E-state index in [4.69, 9.17) is 4.74 Å². The number of nitrogens with one attached hydrogen (secondary N) is 1. The number of hydrogen-bond acceptors (Lipinski definition) is 3. The third kappa shape index (κ3) is 4.32. The van der Waals surface area contributed by atoms with Gasteiger partial charge in [-0.3, -0.25) is 0 Å². The van der Waals surface area contributed by atoms with Crippen molar-refractivity contribution < 1.29 is 19.0 Å². The fourth-order valence-electron chi connectivity index (χ4n) is 2.28. The predicted molar refractivity (Wildman–Crippen MR) is 78.0 cm³/mol. The molecule has 2 rings (SSSR count). The molecule has 116 valence electrons. The second-order valence-electron chi connectivity index (χ2n) is 5.48. The van der Waals surface area contributed by atoms with Crippen LogP contribution >= 0.6 is 0 Å². The number of carbonyl (C=O) groups excluding carboxylic acids is 1. The van der Waals surface area contributed by atoms with Gasteiger partial charge >= 0.3 is 6.03 Å². The molecule has 0 aromatic heterocycles. The zero-order valence-corrected chi connectivity index (χ0v) is 12.3. The van der Waals surface area contributed by atoms with Gasteiger partial charge in [0.1, 0.15) is 11.6 Å². The van der Waals surface area contributed by atoms with Crippen LogP contribution in [0, 0.1) is 5.82 Å². The van der Waals surface area contributed by atoms with Crippen LogP contribution in [0.4, 0.5) is 14.9 Å². The third-order valence-electron chi connectivity index (χ3n) is 3.24. The molecule has 0 aliphatic carbocycles. The number of ether oxygens (including phenoxy) is 1. The Balaban J connectivity index is 2.00. The summed E-state index contributed by atoms with van der Waals surface area (Å²) in [4.78, 5) is 13.5. The van der Waals surface area contributed by atoms with Crippen LogP contribution in [-0.4, -0.2) is 41.3 Å². The number of likely N-dealkylation sites (tertiary alicyclic amines) is 1. The van der Waals surface area contributed by atoms with Gasteiger partial charge in [-0.2, -0.15) is 0 Å². The summed E-state index contributed by atoms with van der Waals surface area (Å²) in [6, 6.07) is 3.95. The Hall–Kier alpha value is -1.82. The molecular weight excluding hydrogens is 275 g/mol. The van der Waals surface area contributed by atoms with Crippen LogP contribution in [-0.2, 0) is 0 Å². The summed E-state index contributed by atoms with van der Waals surface area (Å²) in [6.07, 6.45) is 0.897. The number of nitrogens with zero attached hydrogens (tertiary/aromatic N) is 1. The van der Waals surface area contributed by atoms with Crippen molar-refractivity contribution in [2.24, 2.45) is 0 Å². The van der Waals surface area contributed by atoms with Crippen LogP contribution in [0.15, 0.2) is 18.2 Å². The third-order valence-corrected chi connectivity index (χ3v) is 3.24. The minimum atomic E-state index is -0.543. The highest BCUT2D eigenvalue weighted by molar-refractivity contribution is 5.89. The van der Waals surface area contributed by atoms with Crippen LogP contribution in [0.2, 0.25) is 0 Å². The molecule has 1 aliphatic rings. The topological polar surface area (TPSA) is 61.8 Å². The summed E-state index contributed by atoms with van der Waals surface area (Å²) < 4.78 is 19.3. The van der Waals surface area contributed by atoms with Gasteiger partial charge in [0.15, 0.2) is 0 Å². The van der Waals surface area contributed by atoms with Crippen molar-refractivity contribution in [3.63, 3.8) is 0 Å². The molecule has 21 heavy (non-hydrogen) atoms. The van der Waals surface area contributed by atoms with Crippen LogP contribution in [0.3, 0.4) is 0 Å². The van der Waals surface area contributed by atoms with Gasteiger partial charge < -0.3 is 20.1 Å². The minimum absolute atomic E-state index is 0.0420. The molecule has 1 aromatic rings. The number of hydrogen-bond donors (Lipinski definition) is 2. The van der Waals surface area contributed by atoms with Gasteiger partial charge in [0.25, 0.3) is 0 Å². The molecule has 1 fully saturated rings. The average molecular weight is 296 g/mol. The Kier molecular flexibility index (Phi) is 5.01. The lowest BCUT2D eigenvalue weighted by Gasteiger charge is -2.30. The highest BCUT2D eigenvalue weighted by Gasteiger charge is 2.22. The van der Waals surface area contributed by atoms with E-state index in [1.54, 1.807) is 6.07 Å². The molecule has 0 radical (unpaired) electrons. The summed E-state index contributed by atoms with van der Waals surface area (Å²) in [5, 5.41) is 12.1. The van der Waals surface area contributed by atoms with E-state index in [1.807, 2.05) is 13.8 Å². The maximum atomic E-state index is 13.9. The van der Waals surface area contributed by atoms with Crippen molar-refractivity contribution >= 4 is 11.7 Å². The normalized spacial score (nSPS) is 18.7. The largest absolute Gasteiger partial charge is 0.491 e. The molecule has 2 amide bonds. The maximum Gasteiger partial charge on any atom is 0.322 e. The Morgan fingerprint density at radius 3 is 2.90 bits per heavy atom. The smallest absolute Gasteiger partial charge is 0.322 e. The Morgan fingerprint density at radius 1 is 1.52 bits per heavy atom. The van der Waals surface area contributed by atoms with E-state index in [-0.39, 0.29) is 18.3 Å². The van der Waals surface area contributed by atoms with Crippen molar-refractivity contribution in [2.75, 3.05) is 18.4 Å². The summed E-state index contributed by atoms with van der Waals surface area (Å²) in [5.41, 5.74) is 0.108. The van der Waals surface area contributed by atoms with Crippen LogP contribution < -0.4 is 10.1 Å². The quantitative estimate of drug-likeness (QED) is 0.901. The number of β-amino-alcohol motifs (C(OH)–C–C–N with tert-alkyl or cyclic N) is 1. The van der Waals surface area contributed by atoms with Gasteiger partial charge in [0, 0.05) is 19.2 Å². The number of rotatable bonds is 3. The van der Waals surface area contributed by atoms with Crippen molar-refractivity contribution in [3.05, 3.63) is 24.0 Å². The van der Waals surface area contributed by atoms with Crippen molar-refractivity contribution in [2.45, 2.75) is 38.9 Å². The minimum Gasteiger partial charge on any atom is -0.491 e. The molecule has 1 heterocycles. The molecule has 0 spiro atoms. The zero-order valence-electron chi connectivity index (χ0n) is 12.3. The number of piperidine rings is 1. The molecule has 1 atom stereocenters. The molecule has 2 N–H and O–H groups in total. The van der Waals surface area contributed by atoms with E-state index in [2.05, 4.69) is 5.32 Å². The molecule has 5 nitrogen and oxygen atoms in total. The summed E-state index contributed by atoms with van der Waals surface area (Å²) in [7, 11) is 0. The number of urea groups is 1. The molecule has 1 aliphatic heterocycles. The monoisotopic (exact) mass is 296 g/mol. The van der Waals surface area contributed by atoms with Gasteiger partial charge in [-0.1, -0.05) is 0 Å². The fourth-order valence-corrected chi connectivity index (χ4v) is 2.28. The van der Waals surface area contributed by atoms with Crippen LogP contribution in [0.5, 0.6) is 5.75 Å². The van der Waals surface area contributed by atoms with Crippen LogP contribution in [0.25, 0.3) is 0 Å². The first-order chi connectivity index (χ1) is 9.95. The van der Waals surface area contributed by atoms with Gasteiger partial charge in [-0.15, -0.1) is 0 Å². The SMILES string of the molecule is CC(C)Oc1ccc(NC(=O)N2CCC[C@H](O)C2)c(F)c1. The van der Waals surface area contributed by atoms with Crippen LogP contribution in [0.1, 0.15) is 26.7 Å². The number of carbonyl (C=O) groups is 1. The molecular formula is C15H21FN2O3. The number of anilines is 1. The lowest BCUT2D eigenvalue weighted by atomic mass is 10.1. The fraction of sp³-hybridized carbons (Fsp3) is 0.533. The number of amides is 2. The van der Waals surface area contributed by atoms with E-state index in [1.165, 1.54) is 17.0 Å². The lowest BCUT2D eigenvalue weighted by molar-refractivity contribution is 0.0883. The lowest BCUT2D eigenvalue weighted by Crippen LogP contribution is -2.44. The Labute approximate surface area is 123 Å². The summed E-state index contributed by atoms with van der Waals surface area (Å²) in [5.74, 6) is -0.118. The van der Waals surface area contributed by atoms with Gasteiger partial charge in [0.05, 0.1) is 17.9 Å². The van der Waals surface area contributed by atoms with E-state index in [9.17, 15) is 14.3 Å². The first-order valence-electron chi connectivity index (χ1n) is 7.16. The Morgan fingerprint density at radius 2 is 2.29 bits per heavy atom. The molecule has 6 heteroatoms. The van der Waals surface area contributed by atoms with E-state index < -0.39 is 18.0 Å². The molecule has 1 saturated heterocycles. The maximum absolute atomic E-state index is 13.9. The van der Waals surface area contributed by atoms with Gasteiger partial charge in [-0.05, 0) is 38.8 Å². The second-order valence-corrected chi connectivity index (χ2v) is 5.48. The number of benzene rings is 1.